The molecule has 0 spiro atoms. The summed E-state index contributed by atoms with van der Waals surface area (Å²) in [6, 6.07) is 6.24. The topological polar surface area (TPSA) is 105 Å². The molecule has 25 heavy (non-hydrogen) atoms. The number of nitrogens with one attached hydrogen (secondary N) is 1. The summed E-state index contributed by atoms with van der Waals surface area (Å²) in [4.78, 5) is 20.5. The zero-order valence-corrected chi connectivity index (χ0v) is 14.3. The second-order valence-electron chi connectivity index (χ2n) is 5.85. The number of nitrogens with zero attached hydrogens (tertiary/aromatic N) is 2. The first-order valence-corrected chi connectivity index (χ1v) is 8.24. The molecule has 0 radical (unpaired) electrons. The third-order valence-corrected chi connectivity index (χ3v) is 4.29. The van der Waals surface area contributed by atoms with Crippen molar-refractivity contribution in [3.05, 3.63) is 46.4 Å². The predicted molar refractivity (Wildman–Crippen MR) is 91.9 cm³/mol. The molecule has 1 aliphatic carbocycles. The van der Waals surface area contributed by atoms with E-state index in [-0.39, 0.29) is 34.7 Å². The van der Waals surface area contributed by atoms with Crippen LogP contribution < -0.4 is 5.32 Å². The molecular weight excluding hydrogens is 346 g/mol. The van der Waals surface area contributed by atoms with Crippen molar-refractivity contribution in [3.8, 4) is 5.75 Å². The lowest BCUT2D eigenvalue weighted by Gasteiger charge is -2.15. The number of rotatable bonds is 6. The maximum absolute atomic E-state index is 11.9. The first-order chi connectivity index (χ1) is 12.0. The van der Waals surface area contributed by atoms with Crippen LogP contribution in [0.1, 0.15) is 46.7 Å². The van der Waals surface area contributed by atoms with Crippen LogP contribution in [0.4, 0.5) is 5.82 Å². The largest absolute Gasteiger partial charge is 0.508 e. The maximum atomic E-state index is 11.9. The lowest BCUT2D eigenvalue weighted by atomic mass is 10.1. The molecule has 1 aromatic heterocycles. The molecule has 0 aliphatic heterocycles. The molecule has 1 aliphatic rings. The van der Waals surface area contributed by atoms with E-state index in [0.29, 0.717) is 11.4 Å². The Morgan fingerprint density at radius 2 is 2.04 bits per heavy atom. The van der Waals surface area contributed by atoms with Gasteiger partial charge in [-0.25, -0.2) is 14.8 Å². The van der Waals surface area contributed by atoms with Gasteiger partial charge in [0.25, 0.3) is 0 Å². The number of esters is 1. The first kappa shape index (κ1) is 17.4. The summed E-state index contributed by atoms with van der Waals surface area (Å²) in [5.74, 6) is 0.558. The van der Waals surface area contributed by atoms with Crippen molar-refractivity contribution in [3.63, 3.8) is 0 Å². The number of methoxy groups -OCH3 is 1. The molecule has 0 bridgehead atoms. The zero-order chi connectivity index (χ0) is 18.0. The van der Waals surface area contributed by atoms with Crippen molar-refractivity contribution in [2.45, 2.75) is 24.9 Å². The Morgan fingerprint density at radius 3 is 2.64 bits per heavy atom. The van der Waals surface area contributed by atoms with E-state index in [9.17, 15) is 15.0 Å². The van der Waals surface area contributed by atoms with Crippen LogP contribution in [0, 0.1) is 0 Å². The molecule has 2 aromatic rings. The van der Waals surface area contributed by atoms with Crippen molar-refractivity contribution in [1.29, 1.82) is 0 Å². The summed E-state index contributed by atoms with van der Waals surface area (Å²) in [6.07, 6.45) is 1.10. The van der Waals surface area contributed by atoms with Gasteiger partial charge in [-0.05, 0) is 30.5 Å². The zero-order valence-electron chi connectivity index (χ0n) is 13.6. The van der Waals surface area contributed by atoms with Gasteiger partial charge in [-0.2, -0.15) is 0 Å². The number of aliphatic hydroxyl groups is 1. The molecule has 1 saturated carbocycles. The van der Waals surface area contributed by atoms with Crippen LogP contribution in [-0.2, 0) is 4.74 Å². The van der Waals surface area contributed by atoms with Gasteiger partial charge in [0, 0.05) is 12.5 Å². The van der Waals surface area contributed by atoms with E-state index in [4.69, 9.17) is 16.3 Å². The number of aliphatic hydroxyl groups excluding tert-OH is 1. The highest BCUT2D eigenvalue weighted by Crippen LogP contribution is 2.39. The summed E-state index contributed by atoms with van der Waals surface area (Å²) in [5, 5.41) is 22.6. The number of halogens is 1. The van der Waals surface area contributed by atoms with Crippen molar-refractivity contribution in [2.24, 2.45) is 0 Å². The van der Waals surface area contributed by atoms with Crippen LogP contribution >= 0.6 is 11.6 Å². The van der Waals surface area contributed by atoms with E-state index >= 15 is 0 Å². The Balaban J connectivity index is 1.80. The number of ether oxygens (including phenoxy) is 1. The Bertz CT molecular complexity index is 778. The average Bonchev–Trinajstić information content (AvgIpc) is 3.45. The number of anilines is 1. The van der Waals surface area contributed by atoms with Gasteiger partial charge in [0.05, 0.1) is 13.2 Å². The van der Waals surface area contributed by atoms with Crippen LogP contribution in [0.3, 0.4) is 0 Å². The number of phenolic OH excluding ortho intramolecular Hbond substituents is 1. The molecule has 8 heteroatoms. The maximum Gasteiger partial charge on any atom is 0.358 e. The van der Waals surface area contributed by atoms with Gasteiger partial charge in [0.2, 0.25) is 0 Å². The molecule has 7 nitrogen and oxygen atoms in total. The van der Waals surface area contributed by atoms with Crippen molar-refractivity contribution < 1.29 is 19.7 Å². The molecule has 1 heterocycles. The van der Waals surface area contributed by atoms with Crippen molar-refractivity contribution in [2.75, 3.05) is 19.0 Å². The number of benzene rings is 1. The summed E-state index contributed by atoms with van der Waals surface area (Å²) in [5.41, 5.74) is 0.647. The molecule has 3 rings (SSSR count). The van der Waals surface area contributed by atoms with Crippen LogP contribution in [0.5, 0.6) is 5.75 Å². The minimum atomic E-state index is -0.836. The Hall–Kier alpha value is -2.38. The second kappa shape index (κ2) is 7.25. The van der Waals surface area contributed by atoms with E-state index in [1.54, 1.807) is 12.1 Å². The van der Waals surface area contributed by atoms with Gasteiger partial charge in [-0.15, -0.1) is 0 Å². The Labute approximate surface area is 149 Å². The predicted octanol–water partition coefficient (Wildman–Crippen LogP) is 2.65. The van der Waals surface area contributed by atoms with E-state index < -0.39 is 12.1 Å². The Kier molecular flexibility index (Phi) is 5.06. The summed E-state index contributed by atoms with van der Waals surface area (Å²) in [7, 11) is 1.26. The smallest absolute Gasteiger partial charge is 0.358 e. The first-order valence-electron chi connectivity index (χ1n) is 7.86. The Morgan fingerprint density at radius 1 is 1.36 bits per heavy atom. The normalized spacial score (nSPS) is 14.8. The minimum Gasteiger partial charge on any atom is -0.508 e. The fraction of sp³-hybridized carbons (Fsp3) is 0.353. The van der Waals surface area contributed by atoms with Gasteiger partial charge in [0.1, 0.15) is 22.4 Å². The molecule has 1 fully saturated rings. The summed E-state index contributed by atoms with van der Waals surface area (Å²) in [6.45, 7) is 0.131. The van der Waals surface area contributed by atoms with Gasteiger partial charge >= 0.3 is 5.97 Å². The lowest BCUT2D eigenvalue weighted by Crippen LogP contribution is -2.16. The lowest BCUT2D eigenvalue weighted by molar-refractivity contribution is 0.0593. The highest BCUT2D eigenvalue weighted by atomic mass is 35.5. The fourth-order valence-corrected chi connectivity index (χ4v) is 2.57. The summed E-state index contributed by atoms with van der Waals surface area (Å²) >= 11 is 6.23. The van der Waals surface area contributed by atoms with E-state index in [1.807, 2.05) is 0 Å². The van der Waals surface area contributed by atoms with Crippen LogP contribution in [0.25, 0.3) is 0 Å². The number of carbonyl (C=O) groups is 1. The summed E-state index contributed by atoms with van der Waals surface area (Å²) < 4.78 is 4.72. The van der Waals surface area contributed by atoms with Crippen LogP contribution in [0.15, 0.2) is 24.3 Å². The number of hydrogen-bond acceptors (Lipinski definition) is 7. The van der Waals surface area contributed by atoms with E-state index in [2.05, 4.69) is 15.3 Å². The number of phenols is 1. The minimum absolute atomic E-state index is 0.0164. The van der Waals surface area contributed by atoms with E-state index in [1.165, 1.54) is 19.2 Å². The SMILES string of the molecule is COC(=O)c1nc(C2CC2)nc(NCC(O)c2ccc(O)cc2)c1Cl. The van der Waals surface area contributed by atoms with Gasteiger partial charge in [0.15, 0.2) is 5.69 Å². The number of hydrogen-bond donors (Lipinski definition) is 3. The van der Waals surface area contributed by atoms with Gasteiger partial charge in [-0.1, -0.05) is 23.7 Å². The molecule has 1 unspecified atom stereocenters. The molecule has 0 saturated heterocycles. The molecule has 132 valence electrons. The van der Waals surface area contributed by atoms with E-state index in [0.717, 1.165) is 12.8 Å². The quantitative estimate of drug-likeness (QED) is 0.677. The third kappa shape index (κ3) is 4.00. The standard InChI is InChI=1S/C17H18ClN3O4/c1-25-17(24)14-13(18)16(21-15(20-14)10-2-3-10)19-8-12(23)9-4-6-11(22)7-5-9/h4-7,10,12,22-23H,2-3,8H2,1H3,(H,19,20,21). The van der Waals surface area contributed by atoms with Gasteiger partial charge in [-0.3, -0.25) is 0 Å². The highest BCUT2D eigenvalue weighted by molar-refractivity contribution is 6.35. The third-order valence-electron chi connectivity index (χ3n) is 3.93. The van der Waals surface area contributed by atoms with Gasteiger partial charge < -0.3 is 20.3 Å². The fourth-order valence-electron chi connectivity index (χ4n) is 2.35. The number of aromatic nitrogens is 2. The van der Waals surface area contributed by atoms with Crippen molar-refractivity contribution in [1.82, 2.24) is 9.97 Å². The monoisotopic (exact) mass is 363 g/mol. The number of carbonyl (C=O) groups excluding carboxylic acids is 1. The molecule has 1 aromatic carbocycles. The average molecular weight is 364 g/mol. The molecule has 3 N–H and O–H groups in total. The van der Waals surface area contributed by atoms with Crippen LogP contribution in [0.2, 0.25) is 5.02 Å². The highest BCUT2D eigenvalue weighted by Gasteiger charge is 2.30. The van der Waals surface area contributed by atoms with Crippen LogP contribution in [-0.4, -0.2) is 39.8 Å². The van der Waals surface area contributed by atoms with Crippen molar-refractivity contribution >= 4 is 23.4 Å². The molecule has 1 atom stereocenters. The number of aromatic hydroxyl groups is 1. The molecule has 0 amide bonds. The second-order valence-corrected chi connectivity index (χ2v) is 6.23. The molecular formula is C17H18ClN3O4.